The molecule has 152 valence electrons. The van der Waals surface area contributed by atoms with Gasteiger partial charge < -0.3 is 10.6 Å². The third-order valence-corrected chi connectivity index (χ3v) is 6.31. The third kappa shape index (κ3) is 4.57. The molecule has 7 heteroatoms. The molecule has 5 nitrogen and oxygen atoms in total. The Morgan fingerprint density at radius 1 is 1.21 bits per heavy atom. The molecule has 0 bridgehead atoms. The Morgan fingerprint density at radius 3 is 2.59 bits per heavy atom. The molecule has 29 heavy (non-hydrogen) atoms. The van der Waals surface area contributed by atoms with Crippen molar-refractivity contribution < 1.29 is 4.79 Å². The van der Waals surface area contributed by atoms with Gasteiger partial charge in [-0.1, -0.05) is 37.0 Å². The van der Waals surface area contributed by atoms with E-state index in [4.69, 9.17) is 23.2 Å². The van der Waals surface area contributed by atoms with Crippen molar-refractivity contribution in [1.29, 1.82) is 0 Å². The number of pyridine rings is 1. The average Bonchev–Trinajstić information content (AvgIpc) is 3.08. The number of hydrogen-bond acceptors (Lipinski definition) is 3. The first-order valence-corrected chi connectivity index (χ1v) is 10.6. The molecule has 1 amide bonds. The van der Waals surface area contributed by atoms with Crippen LogP contribution in [0.5, 0.6) is 0 Å². The number of aliphatic imine (C=N–C) groups is 1. The van der Waals surface area contributed by atoms with Gasteiger partial charge in [-0.15, -0.1) is 0 Å². The standard InChI is InChI=1S/C22H24Cl2N4O/c1-22(2)7-5-15(6-8-22)26-21(29)13-3-4-18-14(9-13)10-19(27-18)28-20-16(23)11-25-12-17(20)24/h3-4,9,11-12,15H,5-8,10H2,1-2H3,(H,26,29)(H,25,27,28). The van der Waals surface area contributed by atoms with Crippen LogP contribution in [-0.2, 0) is 6.42 Å². The van der Waals surface area contributed by atoms with Crippen molar-refractivity contribution in [3.63, 3.8) is 0 Å². The molecule has 2 N–H and O–H groups in total. The Bertz CT molecular complexity index is 957. The minimum absolute atomic E-state index is 0.0110. The number of nitrogens with zero attached hydrogens (tertiary/aromatic N) is 2. The van der Waals surface area contributed by atoms with Crippen LogP contribution in [0.2, 0.25) is 10.0 Å². The van der Waals surface area contributed by atoms with Gasteiger partial charge in [-0.05, 0) is 54.9 Å². The molecule has 2 aromatic rings. The second-order valence-electron chi connectivity index (χ2n) is 8.60. The zero-order valence-corrected chi connectivity index (χ0v) is 18.1. The van der Waals surface area contributed by atoms with Gasteiger partial charge in [0.05, 0.1) is 10.0 Å². The number of benzene rings is 1. The first kappa shape index (κ1) is 20.2. The molecule has 1 fully saturated rings. The summed E-state index contributed by atoms with van der Waals surface area (Å²) in [5.74, 6) is 0.727. The fourth-order valence-electron chi connectivity index (χ4n) is 3.91. The highest BCUT2D eigenvalue weighted by molar-refractivity contribution is 6.38. The summed E-state index contributed by atoms with van der Waals surface area (Å²) in [5.41, 5.74) is 3.54. The molecule has 0 unspecified atom stereocenters. The lowest BCUT2D eigenvalue weighted by molar-refractivity contribution is 0.0909. The molecular weight excluding hydrogens is 407 g/mol. The average molecular weight is 431 g/mol. The molecule has 0 saturated heterocycles. The summed E-state index contributed by atoms with van der Waals surface area (Å²) < 4.78 is 0. The van der Waals surface area contributed by atoms with Crippen LogP contribution in [0.4, 0.5) is 11.4 Å². The maximum Gasteiger partial charge on any atom is 0.251 e. The number of aromatic nitrogens is 1. The summed E-state index contributed by atoms with van der Waals surface area (Å²) in [7, 11) is 0. The van der Waals surface area contributed by atoms with Gasteiger partial charge in [-0.3, -0.25) is 9.78 Å². The van der Waals surface area contributed by atoms with E-state index < -0.39 is 0 Å². The van der Waals surface area contributed by atoms with E-state index >= 15 is 0 Å². The van der Waals surface area contributed by atoms with E-state index in [1.54, 1.807) is 0 Å². The predicted octanol–water partition coefficient (Wildman–Crippen LogP) is 5.79. The van der Waals surface area contributed by atoms with Gasteiger partial charge in [0.1, 0.15) is 11.5 Å². The quantitative estimate of drug-likeness (QED) is 0.647. The van der Waals surface area contributed by atoms with Crippen molar-refractivity contribution in [3.8, 4) is 0 Å². The summed E-state index contributed by atoms with van der Waals surface area (Å²) >= 11 is 12.3. The van der Waals surface area contributed by atoms with Gasteiger partial charge in [-0.25, -0.2) is 4.99 Å². The van der Waals surface area contributed by atoms with Crippen molar-refractivity contribution in [1.82, 2.24) is 10.3 Å². The SMILES string of the molecule is CC1(C)CCC(NC(=O)c2ccc3c(c2)CC(=Nc2c(Cl)cncc2Cl)N3)CC1. The van der Waals surface area contributed by atoms with Gasteiger partial charge in [0.15, 0.2) is 0 Å². The Hall–Kier alpha value is -2.11. The van der Waals surface area contributed by atoms with Gasteiger partial charge in [0.2, 0.25) is 0 Å². The number of halogens is 2. The number of rotatable bonds is 3. The molecule has 0 atom stereocenters. The highest BCUT2D eigenvalue weighted by Gasteiger charge is 2.28. The number of amides is 1. The summed E-state index contributed by atoms with van der Waals surface area (Å²) in [6.45, 7) is 4.59. The molecule has 4 rings (SSSR count). The Kier molecular flexibility index (Phi) is 5.54. The summed E-state index contributed by atoms with van der Waals surface area (Å²) in [6.07, 6.45) is 7.99. The fourth-order valence-corrected chi connectivity index (χ4v) is 4.36. The molecule has 1 aliphatic heterocycles. The maximum absolute atomic E-state index is 12.7. The van der Waals surface area contributed by atoms with Crippen LogP contribution in [0, 0.1) is 5.41 Å². The van der Waals surface area contributed by atoms with Crippen LogP contribution in [0.15, 0.2) is 35.6 Å². The molecule has 1 aliphatic carbocycles. The van der Waals surface area contributed by atoms with Crippen LogP contribution in [0.3, 0.4) is 0 Å². The zero-order valence-electron chi connectivity index (χ0n) is 16.6. The lowest BCUT2D eigenvalue weighted by atomic mass is 9.75. The van der Waals surface area contributed by atoms with Crippen LogP contribution >= 0.6 is 23.2 Å². The van der Waals surface area contributed by atoms with Crippen molar-refractivity contribution in [2.24, 2.45) is 10.4 Å². The summed E-state index contributed by atoms with van der Waals surface area (Å²) in [5, 5.41) is 7.28. The first-order chi connectivity index (χ1) is 13.8. The minimum atomic E-state index is -0.0110. The second kappa shape index (κ2) is 7.96. The van der Waals surface area contributed by atoms with E-state index in [1.165, 1.54) is 12.4 Å². The van der Waals surface area contributed by atoms with Gasteiger partial charge in [-0.2, -0.15) is 0 Å². The highest BCUT2D eigenvalue weighted by atomic mass is 35.5. The molecule has 1 saturated carbocycles. The number of nitrogens with one attached hydrogen (secondary N) is 2. The van der Waals surface area contributed by atoms with E-state index in [0.29, 0.717) is 33.1 Å². The van der Waals surface area contributed by atoms with E-state index in [2.05, 4.69) is 34.5 Å². The predicted molar refractivity (Wildman–Crippen MR) is 119 cm³/mol. The molecule has 2 heterocycles. The van der Waals surface area contributed by atoms with Crippen molar-refractivity contribution in [2.45, 2.75) is 52.0 Å². The van der Waals surface area contributed by atoms with Crippen LogP contribution in [-0.4, -0.2) is 22.8 Å². The Morgan fingerprint density at radius 2 is 1.90 bits per heavy atom. The topological polar surface area (TPSA) is 66.4 Å². The normalized spacial score (nSPS) is 19.7. The number of carbonyl (C=O) groups excluding carboxylic acids is 1. The van der Waals surface area contributed by atoms with Gasteiger partial charge in [0.25, 0.3) is 5.91 Å². The van der Waals surface area contributed by atoms with Crippen molar-refractivity contribution in [2.75, 3.05) is 5.32 Å². The van der Waals surface area contributed by atoms with Gasteiger partial charge in [0, 0.05) is 36.1 Å². The number of anilines is 1. The van der Waals surface area contributed by atoms with Gasteiger partial charge >= 0.3 is 0 Å². The van der Waals surface area contributed by atoms with Crippen molar-refractivity contribution in [3.05, 3.63) is 51.8 Å². The Balaban J connectivity index is 1.45. The van der Waals surface area contributed by atoms with Crippen LogP contribution in [0.1, 0.15) is 55.5 Å². The van der Waals surface area contributed by atoms with E-state index in [0.717, 1.165) is 42.8 Å². The largest absolute Gasteiger partial charge is 0.349 e. The highest BCUT2D eigenvalue weighted by Crippen LogP contribution is 2.36. The summed E-state index contributed by atoms with van der Waals surface area (Å²) in [4.78, 5) is 21.2. The van der Waals surface area contributed by atoms with Crippen LogP contribution in [0.25, 0.3) is 0 Å². The number of carbonyl (C=O) groups is 1. The smallest absolute Gasteiger partial charge is 0.251 e. The fraction of sp³-hybridized carbons (Fsp3) is 0.409. The van der Waals surface area contributed by atoms with Crippen molar-refractivity contribution >= 4 is 46.3 Å². The molecule has 1 aromatic carbocycles. The number of amidine groups is 1. The summed E-state index contributed by atoms with van der Waals surface area (Å²) in [6, 6.07) is 5.97. The van der Waals surface area contributed by atoms with E-state index in [9.17, 15) is 4.79 Å². The zero-order chi connectivity index (χ0) is 20.6. The Labute approximate surface area is 180 Å². The molecule has 1 aromatic heterocycles. The monoisotopic (exact) mass is 430 g/mol. The van der Waals surface area contributed by atoms with E-state index in [1.807, 2.05) is 18.2 Å². The molecule has 0 spiro atoms. The second-order valence-corrected chi connectivity index (χ2v) is 9.41. The van der Waals surface area contributed by atoms with E-state index in [-0.39, 0.29) is 11.9 Å². The first-order valence-electron chi connectivity index (χ1n) is 9.88. The number of fused-ring (bicyclic) bond motifs is 1. The number of hydrogen-bond donors (Lipinski definition) is 2. The maximum atomic E-state index is 12.7. The van der Waals surface area contributed by atoms with Crippen LogP contribution < -0.4 is 10.6 Å². The molecule has 2 aliphatic rings. The lowest BCUT2D eigenvalue weighted by Gasteiger charge is -2.34. The lowest BCUT2D eigenvalue weighted by Crippen LogP contribution is -2.39. The molecule has 0 radical (unpaired) electrons. The third-order valence-electron chi connectivity index (χ3n) is 5.75. The minimum Gasteiger partial charge on any atom is -0.349 e. The molecular formula is C22H24Cl2N4O.